The van der Waals surface area contributed by atoms with E-state index in [1.807, 2.05) is 37.3 Å². The zero-order valence-electron chi connectivity index (χ0n) is 13.9. The number of amides is 1. The van der Waals surface area contributed by atoms with Crippen molar-refractivity contribution >= 4 is 5.91 Å². The number of carbonyl (C=O) groups excluding carboxylic acids is 1. The van der Waals surface area contributed by atoms with Gasteiger partial charge in [-0.05, 0) is 51.0 Å². The number of nitrogens with one attached hydrogen (secondary N) is 1. The fourth-order valence-electron chi connectivity index (χ4n) is 3.12. The van der Waals surface area contributed by atoms with Crippen molar-refractivity contribution < 1.29 is 4.79 Å². The van der Waals surface area contributed by atoms with Crippen molar-refractivity contribution in [1.29, 1.82) is 0 Å². The van der Waals surface area contributed by atoms with Gasteiger partial charge in [-0.25, -0.2) is 0 Å². The molecule has 3 atom stereocenters. The lowest BCUT2D eigenvalue weighted by Gasteiger charge is -2.29. The highest BCUT2D eigenvalue weighted by Gasteiger charge is 2.25. The molecule has 1 N–H and O–H groups in total. The molecule has 0 saturated heterocycles. The summed E-state index contributed by atoms with van der Waals surface area (Å²) in [4.78, 5) is 12.4. The summed E-state index contributed by atoms with van der Waals surface area (Å²) in [5.41, 5.74) is 3.72. The van der Waals surface area contributed by atoms with Gasteiger partial charge in [-0.15, -0.1) is 0 Å². The number of benzene rings is 1. The highest BCUT2D eigenvalue weighted by molar-refractivity contribution is 5.77. The van der Waals surface area contributed by atoms with E-state index in [1.54, 1.807) is 0 Å². The van der Waals surface area contributed by atoms with Crippen molar-refractivity contribution in [3.63, 3.8) is 0 Å². The third-order valence-electron chi connectivity index (χ3n) is 4.74. The molecule has 0 aromatic heterocycles. The molecule has 118 valence electrons. The van der Waals surface area contributed by atoms with Crippen molar-refractivity contribution in [3.05, 3.63) is 59.7 Å². The molecule has 1 amide bonds. The van der Waals surface area contributed by atoms with Gasteiger partial charge in [0.2, 0.25) is 5.91 Å². The predicted molar refractivity (Wildman–Crippen MR) is 92.4 cm³/mol. The second-order valence-corrected chi connectivity index (χ2v) is 6.56. The molecule has 0 bridgehead atoms. The van der Waals surface area contributed by atoms with E-state index in [0.717, 1.165) is 18.4 Å². The van der Waals surface area contributed by atoms with Crippen LogP contribution in [0.1, 0.15) is 51.6 Å². The van der Waals surface area contributed by atoms with Crippen LogP contribution < -0.4 is 5.32 Å². The molecule has 2 heteroatoms. The molecule has 2 rings (SSSR count). The number of allylic oxidation sites excluding steroid dienone is 3. The van der Waals surface area contributed by atoms with Crippen LogP contribution in [0.3, 0.4) is 0 Å². The standard InChI is InChI=1S/C20H27NO/c1-14(2)18-11-10-15(3)19(12-18)13-20(22)21-16(4)17-8-6-5-7-9-17/h5-10,16,18-19H,1,11-13H2,2-4H3,(H,21,22)/t16-,18+,19+/m0/s1. The molecule has 0 fully saturated rings. The molecule has 1 aromatic carbocycles. The van der Waals surface area contributed by atoms with Gasteiger partial charge in [0.1, 0.15) is 0 Å². The molecule has 0 radical (unpaired) electrons. The van der Waals surface area contributed by atoms with Crippen LogP contribution in [-0.4, -0.2) is 5.91 Å². The smallest absolute Gasteiger partial charge is 0.221 e. The molecule has 1 aromatic rings. The van der Waals surface area contributed by atoms with E-state index in [9.17, 15) is 4.79 Å². The Bertz CT molecular complexity index is 558. The number of hydrogen-bond donors (Lipinski definition) is 1. The molecule has 0 aliphatic heterocycles. The topological polar surface area (TPSA) is 29.1 Å². The lowest BCUT2D eigenvalue weighted by Crippen LogP contribution is -2.30. The first-order valence-corrected chi connectivity index (χ1v) is 8.13. The fourth-order valence-corrected chi connectivity index (χ4v) is 3.12. The first-order valence-electron chi connectivity index (χ1n) is 8.13. The van der Waals surface area contributed by atoms with Crippen LogP contribution in [0.4, 0.5) is 0 Å². The molecule has 22 heavy (non-hydrogen) atoms. The van der Waals surface area contributed by atoms with Gasteiger partial charge >= 0.3 is 0 Å². The van der Waals surface area contributed by atoms with Crippen LogP contribution in [-0.2, 0) is 4.79 Å². The van der Waals surface area contributed by atoms with E-state index >= 15 is 0 Å². The van der Waals surface area contributed by atoms with Gasteiger partial charge in [0.15, 0.2) is 0 Å². The zero-order valence-corrected chi connectivity index (χ0v) is 13.9. The van der Waals surface area contributed by atoms with Gasteiger partial charge in [0.05, 0.1) is 6.04 Å². The summed E-state index contributed by atoms with van der Waals surface area (Å²) < 4.78 is 0. The summed E-state index contributed by atoms with van der Waals surface area (Å²) in [6, 6.07) is 10.2. The van der Waals surface area contributed by atoms with E-state index in [4.69, 9.17) is 0 Å². The van der Waals surface area contributed by atoms with Crippen molar-refractivity contribution in [1.82, 2.24) is 5.32 Å². The number of hydrogen-bond acceptors (Lipinski definition) is 1. The SMILES string of the molecule is C=C(C)[C@@H]1CC=C(C)[C@@H](CC(=O)N[C@@H](C)c2ccccc2)C1. The van der Waals surface area contributed by atoms with Gasteiger partial charge < -0.3 is 5.32 Å². The molecule has 0 unspecified atom stereocenters. The highest BCUT2D eigenvalue weighted by atomic mass is 16.1. The first-order chi connectivity index (χ1) is 10.5. The van der Waals surface area contributed by atoms with E-state index < -0.39 is 0 Å². The van der Waals surface area contributed by atoms with E-state index in [1.165, 1.54) is 11.1 Å². The minimum absolute atomic E-state index is 0.0542. The van der Waals surface area contributed by atoms with Gasteiger partial charge in [-0.2, -0.15) is 0 Å². The minimum atomic E-state index is 0.0542. The molecule has 0 spiro atoms. The molecule has 1 aliphatic rings. The Balaban J connectivity index is 1.92. The maximum absolute atomic E-state index is 12.4. The maximum Gasteiger partial charge on any atom is 0.221 e. The summed E-state index contributed by atoms with van der Waals surface area (Å²) in [5.74, 6) is 1.00. The van der Waals surface area contributed by atoms with E-state index in [2.05, 4.69) is 31.8 Å². The summed E-state index contributed by atoms with van der Waals surface area (Å²) in [6.07, 6.45) is 4.97. The molecule has 0 saturated carbocycles. The monoisotopic (exact) mass is 297 g/mol. The summed E-state index contributed by atoms with van der Waals surface area (Å²) >= 11 is 0. The van der Waals surface area contributed by atoms with Crippen molar-refractivity contribution in [3.8, 4) is 0 Å². The summed E-state index contributed by atoms with van der Waals surface area (Å²) in [6.45, 7) is 10.3. The van der Waals surface area contributed by atoms with Crippen molar-refractivity contribution in [2.75, 3.05) is 0 Å². The van der Waals surface area contributed by atoms with Crippen LogP contribution in [0, 0.1) is 11.8 Å². The Morgan fingerprint density at radius 1 is 1.36 bits per heavy atom. The third-order valence-corrected chi connectivity index (χ3v) is 4.74. The molecule has 0 heterocycles. The minimum Gasteiger partial charge on any atom is -0.350 e. The van der Waals surface area contributed by atoms with Crippen LogP contribution in [0.2, 0.25) is 0 Å². The normalized spacial score (nSPS) is 22.6. The molecular weight excluding hydrogens is 270 g/mol. The lowest BCUT2D eigenvalue weighted by molar-refractivity contribution is -0.122. The number of carbonyl (C=O) groups is 1. The molecule has 1 aliphatic carbocycles. The number of rotatable bonds is 5. The second-order valence-electron chi connectivity index (χ2n) is 6.56. The van der Waals surface area contributed by atoms with Crippen molar-refractivity contribution in [2.45, 2.75) is 46.1 Å². The van der Waals surface area contributed by atoms with Gasteiger partial charge in [0, 0.05) is 6.42 Å². The van der Waals surface area contributed by atoms with E-state index in [-0.39, 0.29) is 11.9 Å². The zero-order chi connectivity index (χ0) is 16.1. The Kier molecular flexibility index (Phi) is 5.59. The quantitative estimate of drug-likeness (QED) is 0.777. The average Bonchev–Trinajstić information content (AvgIpc) is 2.50. The Morgan fingerprint density at radius 2 is 2.05 bits per heavy atom. The van der Waals surface area contributed by atoms with Crippen LogP contribution in [0.25, 0.3) is 0 Å². The highest BCUT2D eigenvalue weighted by Crippen LogP contribution is 2.34. The third kappa shape index (κ3) is 4.33. The Hall–Kier alpha value is -1.83. The van der Waals surface area contributed by atoms with Crippen LogP contribution in [0.5, 0.6) is 0 Å². The largest absolute Gasteiger partial charge is 0.350 e. The molecular formula is C20H27NO. The van der Waals surface area contributed by atoms with Gasteiger partial charge in [0.25, 0.3) is 0 Å². The fraction of sp³-hybridized carbons (Fsp3) is 0.450. The van der Waals surface area contributed by atoms with Crippen LogP contribution in [0.15, 0.2) is 54.1 Å². The summed E-state index contributed by atoms with van der Waals surface area (Å²) in [7, 11) is 0. The average molecular weight is 297 g/mol. The maximum atomic E-state index is 12.4. The van der Waals surface area contributed by atoms with Crippen molar-refractivity contribution in [2.24, 2.45) is 11.8 Å². The first kappa shape index (κ1) is 16.5. The molecule has 2 nitrogen and oxygen atoms in total. The van der Waals surface area contributed by atoms with E-state index in [0.29, 0.717) is 18.3 Å². The Morgan fingerprint density at radius 3 is 2.68 bits per heavy atom. The van der Waals surface area contributed by atoms with Gasteiger partial charge in [-0.1, -0.05) is 54.1 Å². The Labute approximate surface area is 134 Å². The van der Waals surface area contributed by atoms with Crippen LogP contribution >= 0.6 is 0 Å². The predicted octanol–water partition coefficient (Wildman–Crippen LogP) is 4.80. The summed E-state index contributed by atoms with van der Waals surface area (Å²) in [5, 5.41) is 3.12. The lowest BCUT2D eigenvalue weighted by atomic mass is 9.77. The van der Waals surface area contributed by atoms with Gasteiger partial charge in [-0.3, -0.25) is 4.79 Å². The second kappa shape index (κ2) is 7.44.